The Morgan fingerprint density at radius 3 is 2.69 bits per heavy atom. The number of anilines is 1. The zero-order valence-electron chi connectivity index (χ0n) is 15.6. The maximum absolute atomic E-state index is 11.7. The molecule has 0 saturated carbocycles. The van der Waals surface area contributed by atoms with Crippen LogP contribution in [-0.2, 0) is 14.3 Å². The van der Waals surface area contributed by atoms with Crippen LogP contribution in [0.3, 0.4) is 0 Å². The number of ether oxygens (including phenoxy) is 2. The van der Waals surface area contributed by atoms with Gasteiger partial charge >= 0.3 is 11.7 Å². The molecular weight excluding hydrogens is 338 g/mol. The van der Waals surface area contributed by atoms with Crippen molar-refractivity contribution in [3.63, 3.8) is 0 Å². The summed E-state index contributed by atoms with van der Waals surface area (Å²) >= 11 is 0. The molecule has 1 aliphatic heterocycles. The predicted octanol–water partition coefficient (Wildman–Crippen LogP) is 3.05. The van der Waals surface area contributed by atoms with Crippen molar-refractivity contribution >= 4 is 17.5 Å². The third kappa shape index (κ3) is 4.69. The molecule has 1 aromatic rings. The maximum atomic E-state index is 11.7. The highest BCUT2D eigenvalue weighted by Gasteiger charge is 2.29. The first-order chi connectivity index (χ1) is 12.5. The Morgan fingerprint density at radius 1 is 1.46 bits per heavy atom. The second-order valence-corrected chi connectivity index (χ2v) is 6.38. The molecule has 8 heteroatoms. The molecule has 1 saturated heterocycles. The number of carbonyl (C=O) groups excluding carboxylic acids is 1. The molecule has 0 spiro atoms. The maximum Gasteiger partial charge on any atom is 0.311 e. The van der Waals surface area contributed by atoms with Crippen molar-refractivity contribution in [2.24, 2.45) is 0 Å². The average Bonchev–Trinajstić information content (AvgIpc) is 2.67. The van der Waals surface area contributed by atoms with Gasteiger partial charge in [-0.2, -0.15) is 0 Å². The summed E-state index contributed by atoms with van der Waals surface area (Å²) in [6, 6.07) is 1.74. The summed E-state index contributed by atoms with van der Waals surface area (Å²) in [6.07, 6.45) is 4.16. The number of aromatic nitrogens is 1. The average molecular weight is 365 g/mol. The van der Waals surface area contributed by atoms with Crippen LogP contribution in [0.5, 0.6) is 0 Å². The van der Waals surface area contributed by atoms with Gasteiger partial charge in [0, 0.05) is 38.1 Å². The van der Waals surface area contributed by atoms with E-state index in [2.05, 4.69) is 4.98 Å². The van der Waals surface area contributed by atoms with E-state index in [9.17, 15) is 14.9 Å². The van der Waals surface area contributed by atoms with E-state index >= 15 is 0 Å². The number of hydrogen-bond donors (Lipinski definition) is 0. The third-order valence-corrected chi connectivity index (χ3v) is 4.91. The standard InChI is InChI=1S/C18H27N3O5/c1-4-13(11-17(22)25-3)14-10-16(21(23)24)18(19-12-14)20(5-2)15-6-8-26-9-7-15/h10,12-13,15H,4-9,11H2,1-3H3. The van der Waals surface area contributed by atoms with Gasteiger partial charge in [0.2, 0.25) is 5.82 Å². The Morgan fingerprint density at radius 2 is 2.15 bits per heavy atom. The molecule has 0 radical (unpaired) electrons. The summed E-state index contributed by atoms with van der Waals surface area (Å²) in [4.78, 5) is 29.3. The molecule has 2 heterocycles. The quantitative estimate of drug-likeness (QED) is 0.397. The minimum absolute atomic E-state index is 0.0147. The molecule has 0 aromatic carbocycles. The fourth-order valence-electron chi connectivity index (χ4n) is 3.40. The number of methoxy groups -OCH3 is 1. The van der Waals surface area contributed by atoms with Gasteiger partial charge in [-0.15, -0.1) is 0 Å². The van der Waals surface area contributed by atoms with E-state index in [0.29, 0.717) is 37.6 Å². The van der Waals surface area contributed by atoms with Crippen molar-refractivity contribution in [2.45, 2.75) is 51.5 Å². The summed E-state index contributed by atoms with van der Waals surface area (Å²) in [5.41, 5.74) is 0.676. The normalized spacial score (nSPS) is 16.1. The summed E-state index contributed by atoms with van der Waals surface area (Å²) in [5, 5.41) is 11.7. The van der Waals surface area contributed by atoms with E-state index in [1.54, 1.807) is 12.3 Å². The fourth-order valence-corrected chi connectivity index (χ4v) is 3.40. The molecule has 0 aliphatic carbocycles. The lowest BCUT2D eigenvalue weighted by Gasteiger charge is -2.34. The van der Waals surface area contributed by atoms with E-state index in [1.807, 2.05) is 18.7 Å². The molecular formula is C18H27N3O5. The molecule has 0 bridgehead atoms. The molecule has 1 aromatic heterocycles. The number of carbonyl (C=O) groups is 1. The lowest BCUT2D eigenvalue weighted by atomic mass is 9.94. The van der Waals surface area contributed by atoms with Crippen molar-refractivity contribution in [1.29, 1.82) is 0 Å². The Hall–Kier alpha value is -2.22. The fraction of sp³-hybridized carbons (Fsp3) is 0.667. The molecule has 2 rings (SSSR count). The smallest absolute Gasteiger partial charge is 0.311 e. The van der Waals surface area contributed by atoms with E-state index in [4.69, 9.17) is 9.47 Å². The first-order valence-corrected chi connectivity index (χ1v) is 9.07. The van der Waals surface area contributed by atoms with Crippen molar-refractivity contribution in [2.75, 3.05) is 31.8 Å². The van der Waals surface area contributed by atoms with E-state index in [0.717, 1.165) is 12.8 Å². The molecule has 1 unspecified atom stereocenters. The van der Waals surface area contributed by atoms with Crippen molar-refractivity contribution < 1.29 is 19.2 Å². The van der Waals surface area contributed by atoms with E-state index < -0.39 is 4.92 Å². The Kier molecular flexibility index (Phi) is 7.32. The van der Waals surface area contributed by atoms with E-state index in [-0.39, 0.29) is 30.0 Å². The van der Waals surface area contributed by atoms with Crippen LogP contribution in [-0.4, -0.2) is 48.8 Å². The van der Waals surface area contributed by atoms with Crippen molar-refractivity contribution in [3.05, 3.63) is 27.9 Å². The van der Waals surface area contributed by atoms with Crippen molar-refractivity contribution in [1.82, 2.24) is 4.98 Å². The summed E-state index contributed by atoms with van der Waals surface area (Å²) in [7, 11) is 1.34. The Labute approximate surface area is 153 Å². The number of esters is 1. The lowest BCUT2D eigenvalue weighted by molar-refractivity contribution is -0.384. The van der Waals surface area contributed by atoms with Gasteiger partial charge < -0.3 is 14.4 Å². The SMILES string of the molecule is CCC(CC(=O)OC)c1cnc(N(CC)C2CCOCC2)c([N+](=O)[O-])c1. The van der Waals surface area contributed by atoms with Crippen LogP contribution in [0.2, 0.25) is 0 Å². The molecule has 0 N–H and O–H groups in total. The largest absolute Gasteiger partial charge is 0.469 e. The molecule has 0 amide bonds. The van der Waals surface area contributed by atoms with Crippen LogP contribution in [0, 0.1) is 10.1 Å². The summed E-state index contributed by atoms with van der Waals surface area (Å²) in [6.45, 7) is 5.86. The van der Waals surface area contributed by atoms with Gasteiger partial charge in [0.1, 0.15) is 0 Å². The number of hydrogen-bond acceptors (Lipinski definition) is 7. The number of rotatable bonds is 8. The van der Waals surface area contributed by atoms with Gasteiger partial charge in [0.25, 0.3) is 0 Å². The number of pyridine rings is 1. The van der Waals surface area contributed by atoms with Gasteiger partial charge in [-0.05, 0) is 37.7 Å². The molecule has 8 nitrogen and oxygen atoms in total. The minimum atomic E-state index is -0.390. The molecule has 144 valence electrons. The third-order valence-electron chi connectivity index (χ3n) is 4.91. The van der Waals surface area contributed by atoms with Gasteiger partial charge in [-0.3, -0.25) is 14.9 Å². The molecule has 1 fully saturated rings. The van der Waals surface area contributed by atoms with E-state index in [1.165, 1.54) is 7.11 Å². The first kappa shape index (κ1) is 20.1. The van der Waals surface area contributed by atoms with Crippen molar-refractivity contribution in [3.8, 4) is 0 Å². The van der Waals surface area contributed by atoms with Crippen LogP contribution in [0.4, 0.5) is 11.5 Å². The highest BCUT2D eigenvalue weighted by Crippen LogP contribution is 2.34. The van der Waals surface area contributed by atoms with Crippen LogP contribution in [0.15, 0.2) is 12.3 Å². The highest BCUT2D eigenvalue weighted by molar-refractivity contribution is 5.70. The molecule has 1 atom stereocenters. The molecule has 26 heavy (non-hydrogen) atoms. The number of nitrogens with zero attached hydrogens (tertiary/aromatic N) is 3. The van der Waals surface area contributed by atoms with Crippen LogP contribution >= 0.6 is 0 Å². The lowest BCUT2D eigenvalue weighted by Crippen LogP contribution is -2.40. The first-order valence-electron chi connectivity index (χ1n) is 9.07. The Balaban J connectivity index is 2.35. The second kappa shape index (κ2) is 9.47. The van der Waals surface area contributed by atoms with Crippen LogP contribution in [0.1, 0.15) is 51.0 Å². The minimum Gasteiger partial charge on any atom is -0.469 e. The van der Waals surface area contributed by atoms with Gasteiger partial charge in [0.05, 0.1) is 18.5 Å². The highest BCUT2D eigenvalue weighted by atomic mass is 16.6. The second-order valence-electron chi connectivity index (χ2n) is 6.38. The van der Waals surface area contributed by atoms with Gasteiger partial charge in [-0.1, -0.05) is 6.92 Å². The topological polar surface area (TPSA) is 94.8 Å². The Bertz CT molecular complexity index is 631. The zero-order valence-corrected chi connectivity index (χ0v) is 15.6. The summed E-state index contributed by atoms with van der Waals surface area (Å²) < 4.78 is 10.1. The van der Waals surface area contributed by atoms with Crippen LogP contribution < -0.4 is 4.90 Å². The van der Waals surface area contributed by atoms with Crippen LogP contribution in [0.25, 0.3) is 0 Å². The number of nitro groups is 1. The van der Waals surface area contributed by atoms with Gasteiger partial charge in [0.15, 0.2) is 0 Å². The monoisotopic (exact) mass is 365 g/mol. The summed E-state index contributed by atoms with van der Waals surface area (Å²) in [5.74, 6) is -0.0945. The predicted molar refractivity (Wildman–Crippen MR) is 97.4 cm³/mol. The molecule has 1 aliphatic rings. The zero-order chi connectivity index (χ0) is 19.1. The van der Waals surface area contributed by atoms with Gasteiger partial charge in [-0.25, -0.2) is 4.98 Å².